The second-order valence-electron chi connectivity index (χ2n) is 4.16. The molecule has 0 radical (unpaired) electrons. The Kier molecular flexibility index (Phi) is 4.31. The quantitative estimate of drug-likeness (QED) is 0.680. The molecule has 6 nitrogen and oxygen atoms in total. The van der Waals surface area contributed by atoms with E-state index in [0.29, 0.717) is 11.6 Å². The van der Waals surface area contributed by atoms with E-state index in [-0.39, 0.29) is 16.2 Å². The molecule has 1 aromatic carbocycles. The number of halogens is 1. The van der Waals surface area contributed by atoms with E-state index < -0.39 is 4.92 Å². The van der Waals surface area contributed by atoms with Gasteiger partial charge in [0.2, 0.25) is 5.88 Å². The van der Waals surface area contributed by atoms with Crippen LogP contribution in [-0.2, 0) is 0 Å². The molecule has 2 rings (SSSR count). The van der Waals surface area contributed by atoms with Crippen LogP contribution in [0.4, 0.5) is 5.69 Å². The molecule has 1 heterocycles. The number of hydrogen-bond donors (Lipinski definition) is 1. The van der Waals surface area contributed by atoms with E-state index >= 15 is 0 Å². The summed E-state index contributed by atoms with van der Waals surface area (Å²) < 4.78 is 5.85. The lowest BCUT2D eigenvalue weighted by atomic mass is 10.1. The van der Waals surface area contributed by atoms with E-state index in [2.05, 4.69) is 20.9 Å². The Labute approximate surface area is 123 Å². The van der Waals surface area contributed by atoms with Crippen molar-refractivity contribution in [2.24, 2.45) is 5.73 Å². The molecule has 0 aliphatic carbocycles. The van der Waals surface area contributed by atoms with Crippen LogP contribution in [0.25, 0.3) is 0 Å². The number of pyridine rings is 1. The number of rotatable bonds is 4. The van der Waals surface area contributed by atoms with Gasteiger partial charge in [0, 0.05) is 24.4 Å². The minimum atomic E-state index is -0.483. The Balaban J connectivity index is 2.33. The van der Waals surface area contributed by atoms with Gasteiger partial charge in [-0.3, -0.25) is 10.1 Å². The summed E-state index contributed by atoms with van der Waals surface area (Å²) in [5.41, 5.74) is 6.60. The SMILES string of the molecule is C[C@@H](N)c1ccnc(Oc2cccc([N+](=O)[O-])c2Br)c1. The lowest BCUT2D eigenvalue weighted by Gasteiger charge is -2.09. The maximum Gasteiger partial charge on any atom is 0.287 e. The van der Waals surface area contributed by atoms with Crippen LogP contribution in [0.1, 0.15) is 18.5 Å². The molecule has 0 unspecified atom stereocenters. The molecule has 0 saturated heterocycles. The van der Waals surface area contributed by atoms with Crippen molar-refractivity contribution >= 4 is 21.6 Å². The average molecular weight is 338 g/mol. The lowest BCUT2D eigenvalue weighted by molar-refractivity contribution is -0.385. The van der Waals surface area contributed by atoms with Crippen LogP contribution in [-0.4, -0.2) is 9.91 Å². The Hall–Kier alpha value is -1.99. The molecule has 1 atom stereocenters. The topological polar surface area (TPSA) is 91.3 Å². The molecule has 0 aliphatic rings. The molecule has 0 spiro atoms. The third-order valence-corrected chi connectivity index (χ3v) is 3.44. The van der Waals surface area contributed by atoms with Gasteiger partial charge in [-0.05, 0) is 40.5 Å². The first-order valence-corrected chi connectivity index (χ1v) is 6.60. The first kappa shape index (κ1) is 14.4. The van der Waals surface area contributed by atoms with E-state index in [1.165, 1.54) is 6.07 Å². The van der Waals surface area contributed by atoms with Crippen molar-refractivity contribution in [1.29, 1.82) is 0 Å². The molecule has 2 aromatic rings. The number of benzene rings is 1. The van der Waals surface area contributed by atoms with E-state index in [1.807, 2.05) is 6.92 Å². The van der Waals surface area contributed by atoms with Crippen molar-refractivity contribution in [2.45, 2.75) is 13.0 Å². The normalized spacial score (nSPS) is 11.9. The smallest absolute Gasteiger partial charge is 0.287 e. The largest absolute Gasteiger partial charge is 0.438 e. The van der Waals surface area contributed by atoms with Crippen molar-refractivity contribution in [3.63, 3.8) is 0 Å². The second-order valence-corrected chi connectivity index (χ2v) is 4.96. The monoisotopic (exact) mass is 337 g/mol. The van der Waals surface area contributed by atoms with E-state index in [4.69, 9.17) is 10.5 Å². The summed E-state index contributed by atoms with van der Waals surface area (Å²) in [4.78, 5) is 14.4. The summed E-state index contributed by atoms with van der Waals surface area (Å²) in [6.07, 6.45) is 1.58. The van der Waals surface area contributed by atoms with E-state index in [0.717, 1.165) is 5.56 Å². The Morgan fingerprint density at radius 1 is 1.45 bits per heavy atom. The molecular formula is C13H12BrN3O3. The first-order valence-electron chi connectivity index (χ1n) is 5.81. The van der Waals surface area contributed by atoms with Crippen LogP contribution < -0.4 is 10.5 Å². The number of nitro groups is 1. The van der Waals surface area contributed by atoms with Crippen LogP contribution in [0.15, 0.2) is 41.0 Å². The van der Waals surface area contributed by atoms with Crippen LogP contribution in [0.3, 0.4) is 0 Å². The van der Waals surface area contributed by atoms with Crippen LogP contribution in [0.5, 0.6) is 11.6 Å². The summed E-state index contributed by atoms with van der Waals surface area (Å²) >= 11 is 3.17. The van der Waals surface area contributed by atoms with Gasteiger partial charge in [-0.15, -0.1) is 0 Å². The van der Waals surface area contributed by atoms with E-state index in [1.54, 1.807) is 30.5 Å². The third kappa shape index (κ3) is 3.12. The van der Waals surface area contributed by atoms with E-state index in [9.17, 15) is 10.1 Å². The minimum absolute atomic E-state index is 0.0640. The number of hydrogen-bond acceptors (Lipinski definition) is 5. The zero-order chi connectivity index (χ0) is 14.7. The van der Waals surface area contributed by atoms with Crippen molar-refractivity contribution in [1.82, 2.24) is 4.98 Å². The Bertz CT molecular complexity index is 647. The molecule has 20 heavy (non-hydrogen) atoms. The molecule has 0 amide bonds. The number of nitro benzene ring substituents is 1. The third-order valence-electron chi connectivity index (χ3n) is 2.64. The van der Waals surface area contributed by atoms with Crippen LogP contribution >= 0.6 is 15.9 Å². The molecular weight excluding hydrogens is 326 g/mol. The van der Waals surface area contributed by atoms with Gasteiger partial charge in [-0.25, -0.2) is 4.98 Å². The molecule has 7 heteroatoms. The van der Waals surface area contributed by atoms with Gasteiger partial charge >= 0.3 is 0 Å². The Morgan fingerprint density at radius 3 is 2.85 bits per heavy atom. The maximum absolute atomic E-state index is 10.9. The molecule has 0 bridgehead atoms. The number of nitrogens with zero attached hydrogens (tertiary/aromatic N) is 2. The first-order chi connectivity index (χ1) is 9.49. The summed E-state index contributed by atoms with van der Waals surface area (Å²) in [5.74, 6) is 0.662. The fourth-order valence-corrected chi connectivity index (χ4v) is 2.09. The average Bonchev–Trinajstić information content (AvgIpc) is 2.41. The number of nitrogens with two attached hydrogens (primary N) is 1. The van der Waals surface area contributed by atoms with Gasteiger partial charge in [-0.2, -0.15) is 0 Å². The second kappa shape index (κ2) is 5.98. The molecule has 0 saturated carbocycles. The van der Waals surface area contributed by atoms with Gasteiger partial charge in [0.25, 0.3) is 5.69 Å². The summed E-state index contributed by atoms with van der Waals surface area (Å²) in [6, 6.07) is 7.91. The minimum Gasteiger partial charge on any atom is -0.438 e. The summed E-state index contributed by atoms with van der Waals surface area (Å²) in [6.45, 7) is 1.85. The summed E-state index contributed by atoms with van der Waals surface area (Å²) in [7, 11) is 0. The highest BCUT2D eigenvalue weighted by molar-refractivity contribution is 9.10. The molecule has 104 valence electrons. The highest BCUT2D eigenvalue weighted by Crippen LogP contribution is 2.36. The van der Waals surface area contributed by atoms with Gasteiger partial charge < -0.3 is 10.5 Å². The zero-order valence-corrected chi connectivity index (χ0v) is 12.2. The number of ether oxygens (including phenoxy) is 1. The number of aromatic nitrogens is 1. The zero-order valence-electron chi connectivity index (χ0n) is 10.6. The fraction of sp³-hybridized carbons (Fsp3) is 0.154. The fourth-order valence-electron chi connectivity index (χ4n) is 1.60. The predicted molar refractivity (Wildman–Crippen MR) is 77.7 cm³/mol. The van der Waals surface area contributed by atoms with Crippen molar-refractivity contribution in [3.8, 4) is 11.6 Å². The van der Waals surface area contributed by atoms with Gasteiger partial charge in [0.15, 0.2) is 5.75 Å². The van der Waals surface area contributed by atoms with Gasteiger partial charge in [-0.1, -0.05) is 6.07 Å². The molecule has 0 fully saturated rings. The highest BCUT2D eigenvalue weighted by atomic mass is 79.9. The Morgan fingerprint density at radius 2 is 2.20 bits per heavy atom. The van der Waals surface area contributed by atoms with Crippen LogP contribution in [0.2, 0.25) is 0 Å². The van der Waals surface area contributed by atoms with Gasteiger partial charge in [0.1, 0.15) is 4.47 Å². The maximum atomic E-state index is 10.9. The van der Waals surface area contributed by atoms with Crippen molar-refractivity contribution in [3.05, 3.63) is 56.7 Å². The molecule has 0 aliphatic heterocycles. The standard InChI is InChI=1S/C13H12BrN3O3/c1-8(15)9-5-6-16-12(7-9)20-11-4-2-3-10(13(11)14)17(18)19/h2-8H,15H2,1H3/t8-/m1/s1. The highest BCUT2D eigenvalue weighted by Gasteiger charge is 2.16. The molecule has 1 aromatic heterocycles. The van der Waals surface area contributed by atoms with Crippen molar-refractivity contribution < 1.29 is 9.66 Å². The van der Waals surface area contributed by atoms with Crippen LogP contribution in [0, 0.1) is 10.1 Å². The lowest BCUT2D eigenvalue weighted by Crippen LogP contribution is -2.05. The molecule has 2 N–H and O–H groups in total. The predicted octanol–water partition coefficient (Wildman–Crippen LogP) is 3.56. The van der Waals surface area contributed by atoms with Gasteiger partial charge in [0.05, 0.1) is 4.92 Å². The summed E-state index contributed by atoms with van der Waals surface area (Å²) in [5, 5.41) is 10.9. The van der Waals surface area contributed by atoms with Crippen molar-refractivity contribution in [2.75, 3.05) is 0 Å².